The number of hydrogen-bond donors (Lipinski definition) is 2. The Labute approximate surface area is 159 Å². The molecule has 0 atom stereocenters. The lowest BCUT2D eigenvalue weighted by molar-refractivity contribution is 0.0671. The lowest BCUT2D eigenvalue weighted by atomic mass is 9.83. The zero-order valence-electron chi connectivity index (χ0n) is 14.4. The summed E-state index contributed by atoms with van der Waals surface area (Å²) in [4.78, 5) is 8.36. The number of rotatable bonds is 7. The fraction of sp³-hybridized carbons (Fsp3) is 0.750. The van der Waals surface area contributed by atoms with Crippen molar-refractivity contribution in [3.8, 4) is 0 Å². The van der Waals surface area contributed by atoms with Crippen LogP contribution in [0.25, 0.3) is 0 Å². The predicted octanol–water partition coefficient (Wildman–Crippen LogP) is 3.92. The fourth-order valence-corrected chi connectivity index (χ4v) is 3.19. The maximum absolute atomic E-state index is 12.8. The molecule has 0 amide bonds. The molecule has 8 heteroatoms. The molecule has 0 aliphatic heterocycles. The van der Waals surface area contributed by atoms with Crippen molar-refractivity contribution in [2.24, 2.45) is 10.4 Å². The van der Waals surface area contributed by atoms with Gasteiger partial charge in [-0.1, -0.05) is 19.8 Å². The first-order chi connectivity index (χ1) is 11.1. The molecule has 2 N–H and O–H groups in total. The average molecular weight is 455 g/mol. The van der Waals surface area contributed by atoms with Crippen molar-refractivity contribution in [3.63, 3.8) is 0 Å². The van der Waals surface area contributed by atoms with E-state index in [-0.39, 0.29) is 36.3 Å². The molecule has 1 aromatic heterocycles. The van der Waals surface area contributed by atoms with Crippen molar-refractivity contribution in [1.82, 2.24) is 20.2 Å². The predicted molar refractivity (Wildman–Crippen MR) is 103 cm³/mol. The second-order valence-electron chi connectivity index (χ2n) is 6.14. The van der Waals surface area contributed by atoms with E-state index in [2.05, 4.69) is 27.5 Å². The molecule has 138 valence electrons. The normalized spacial score (nSPS) is 17.0. The summed E-state index contributed by atoms with van der Waals surface area (Å²) in [5.41, 5.74) is 0.345. The highest BCUT2D eigenvalue weighted by molar-refractivity contribution is 14.0. The van der Waals surface area contributed by atoms with E-state index in [9.17, 15) is 8.78 Å². The van der Waals surface area contributed by atoms with E-state index < -0.39 is 6.55 Å². The van der Waals surface area contributed by atoms with Gasteiger partial charge in [-0.25, -0.2) is 9.98 Å². The lowest BCUT2D eigenvalue weighted by Gasteiger charge is -2.28. The molecule has 2 rings (SSSR count). The van der Waals surface area contributed by atoms with E-state index in [1.54, 1.807) is 0 Å². The van der Waals surface area contributed by atoms with Gasteiger partial charge in [-0.05, 0) is 31.6 Å². The minimum atomic E-state index is -2.58. The van der Waals surface area contributed by atoms with Crippen LogP contribution in [0.3, 0.4) is 0 Å². The number of nitrogens with zero attached hydrogens (tertiary/aromatic N) is 3. The van der Waals surface area contributed by atoms with Gasteiger partial charge in [0.15, 0.2) is 5.96 Å². The van der Waals surface area contributed by atoms with E-state index in [1.807, 2.05) is 6.92 Å². The Morgan fingerprint density at radius 2 is 2.04 bits per heavy atom. The Morgan fingerprint density at radius 1 is 1.33 bits per heavy atom. The highest BCUT2D eigenvalue weighted by Crippen LogP contribution is 2.40. The van der Waals surface area contributed by atoms with Crippen LogP contribution in [0.5, 0.6) is 0 Å². The summed E-state index contributed by atoms with van der Waals surface area (Å²) in [6.07, 6.45) is 8.86. The molecule has 1 saturated carbocycles. The Kier molecular flexibility index (Phi) is 8.93. The molecule has 5 nitrogen and oxygen atoms in total. The first-order valence-corrected chi connectivity index (χ1v) is 8.42. The summed E-state index contributed by atoms with van der Waals surface area (Å²) >= 11 is 0. The molecule has 0 aromatic carbocycles. The number of guanidine groups is 1. The number of aliphatic imine (C=N–C) groups is 1. The minimum absolute atomic E-state index is 0. The zero-order chi connectivity index (χ0) is 16.7. The molecule has 0 saturated heterocycles. The van der Waals surface area contributed by atoms with Gasteiger partial charge in [0.05, 0.1) is 0 Å². The van der Waals surface area contributed by atoms with Crippen LogP contribution >= 0.6 is 24.0 Å². The van der Waals surface area contributed by atoms with E-state index in [4.69, 9.17) is 0 Å². The van der Waals surface area contributed by atoms with Gasteiger partial charge < -0.3 is 10.6 Å². The molecular weight excluding hydrogens is 427 g/mol. The van der Waals surface area contributed by atoms with Gasteiger partial charge in [0.2, 0.25) is 0 Å². The third kappa shape index (κ3) is 5.56. The molecule has 0 unspecified atom stereocenters. The molecule has 0 spiro atoms. The molecule has 1 heterocycles. The van der Waals surface area contributed by atoms with E-state index >= 15 is 0 Å². The largest absolute Gasteiger partial charge is 0.357 e. The Hall–Kier alpha value is -0.930. The zero-order valence-corrected chi connectivity index (χ0v) is 16.7. The van der Waals surface area contributed by atoms with E-state index in [1.165, 1.54) is 38.1 Å². The van der Waals surface area contributed by atoms with Crippen molar-refractivity contribution in [2.45, 2.75) is 59.0 Å². The standard InChI is InChI=1S/C16H27F2N5.HI/c1-3-16(7-5-6-8-16)12-22-15(19-4-2)21-11-13-20-9-10-23(13)14(17)18;/h9-10,14H,3-8,11-12H2,1-2H3,(H2,19,21,22);1H. The smallest absolute Gasteiger partial charge is 0.319 e. The van der Waals surface area contributed by atoms with Crippen LogP contribution in [0.1, 0.15) is 58.3 Å². The molecule has 1 aliphatic rings. The summed E-state index contributed by atoms with van der Waals surface area (Å²) in [7, 11) is 0. The summed E-state index contributed by atoms with van der Waals surface area (Å²) < 4.78 is 26.5. The van der Waals surface area contributed by atoms with Gasteiger partial charge in [0, 0.05) is 25.5 Å². The number of hydrogen-bond acceptors (Lipinski definition) is 2. The van der Waals surface area contributed by atoms with E-state index in [0.717, 1.165) is 24.1 Å². The third-order valence-electron chi connectivity index (χ3n) is 4.73. The number of aromatic nitrogens is 2. The van der Waals surface area contributed by atoms with Crippen LogP contribution in [0.15, 0.2) is 17.4 Å². The Morgan fingerprint density at radius 3 is 2.62 bits per heavy atom. The van der Waals surface area contributed by atoms with Gasteiger partial charge in [0.25, 0.3) is 0 Å². The van der Waals surface area contributed by atoms with Crippen molar-refractivity contribution in [2.75, 3.05) is 13.1 Å². The van der Waals surface area contributed by atoms with Crippen LogP contribution in [0.2, 0.25) is 0 Å². The SMILES string of the molecule is CCNC(=NCc1nccn1C(F)F)NCC1(CC)CCCC1.I. The molecule has 0 bridgehead atoms. The quantitative estimate of drug-likeness (QED) is 0.372. The van der Waals surface area contributed by atoms with Crippen LogP contribution < -0.4 is 10.6 Å². The van der Waals surface area contributed by atoms with Crippen molar-refractivity contribution in [3.05, 3.63) is 18.2 Å². The molecule has 1 aliphatic carbocycles. The summed E-state index contributed by atoms with van der Waals surface area (Å²) in [5, 5.41) is 6.55. The lowest BCUT2D eigenvalue weighted by Crippen LogP contribution is -2.42. The van der Waals surface area contributed by atoms with Crippen molar-refractivity contribution >= 4 is 29.9 Å². The Bertz CT molecular complexity index is 512. The van der Waals surface area contributed by atoms with Gasteiger partial charge in [-0.2, -0.15) is 8.78 Å². The highest BCUT2D eigenvalue weighted by Gasteiger charge is 2.31. The van der Waals surface area contributed by atoms with E-state index in [0.29, 0.717) is 11.4 Å². The number of nitrogens with one attached hydrogen (secondary N) is 2. The monoisotopic (exact) mass is 455 g/mol. The van der Waals surface area contributed by atoms with Crippen LogP contribution in [0.4, 0.5) is 8.78 Å². The summed E-state index contributed by atoms with van der Waals surface area (Å²) in [6, 6.07) is 0. The van der Waals surface area contributed by atoms with Crippen LogP contribution in [0, 0.1) is 5.41 Å². The van der Waals surface area contributed by atoms with Crippen molar-refractivity contribution in [1.29, 1.82) is 0 Å². The molecule has 0 radical (unpaired) electrons. The van der Waals surface area contributed by atoms with Gasteiger partial charge in [-0.3, -0.25) is 4.57 Å². The third-order valence-corrected chi connectivity index (χ3v) is 4.73. The first-order valence-electron chi connectivity index (χ1n) is 8.42. The number of halogens is 3. The van der Waals surface area contributed by atoms with Crippen LogP contribution in [-0.4, -0.2) is 28.6 Å². The number of imidazole rings is 1. The van der Waals surface area contributed by atoms with Gasteiger partial charge in [-0.15, -0.1) is 24.0 Å². The second-order valence-corrected chi connectivity index (χ2v) is 6.14. The Balaban J connectivity index is 0.00000288. The fourth-order valence-electron chi connectivity index (χ4n) is 3.19. The molecular formula is C16H28F2IN5. The maximum atomic E-state index is 12.8. The molecule has 24 heavy (non-hydrogen) atoms. The second kappa shape index (κ2) is 10.1. The van der Waals surface area contributed by atoms with Gasteiger partial charge >= 0.3 is 6.55 Å². The maximum Gasteiger partial charge on any atom is 0.319 e. The summed E-state index contributed by atoms with van der Waals surface area (Å²) in [6.45, 7) is 3.37. The average Bonchev–Trinajstić information content (AvgIpc) is 3.19. The number of alkyl halides is 2. The topological polar surface area (TPSA) is 54.2 Å². The molecule has 1 fully saturated rings. The first kappa shape index (κ1) is 21.1. The van der Waals surface area contributed by atoms with Gasteiger partial charge in [0.1, 0.15) is 12.4 Å². The van der Waals surface area contributed by atoms with Crippen LogP contribution in [-0.2, 0) is 6.54 Å². The molecule has 1 aromatic rings. The summed E-state index contributed by atoms with van der Waals surface area (Å²) in [5.74, 6) is 0.930. The minimum Gasteiger partial charge on any atom is -0.357 e. The van der Waals surface area contributed by atoms with Crippen molar-refractivity contribution < 1.29 is 8.78 Å². The highest BCUT2D eigenvalue weighted by atomic mass is 127.